The predicted molar refractivity (Wildman–Crippen MR) is 53.9 cm³/mol. The third-order valence-corrected chi connectivity index (χ3v) is 2.26. The summed E-state index contributed by atoms with van der Waals surface area (Å²) in [5, 5.41) is 6.63. The highest BCUT2D eigenvalue weighted by molar-refractivity contribution is 6.02. The second kappa shape index (κ2) is 2.33. The van der Waals surface area contributed by atoms with Gasteiger partial charge < -0.3 is 0 Å². The highest BCUT2D eigenvalue weighted by Gasteiger charge is 2.10. The van der Waals surface area contributed by atoms with Gasteiger partial charge in [0.1, 0.15) is 6.34 Å². The van der Waals surface area contributed by atoms with Crippen LogP contribution in [0.25, 0.3) is 10.8 Å². The predicted octanol–water partition coefficient (Wildman–Crippen LogP) is 2.75. The Kier molecular flexibility index (Phi) is 1.19. The maximum absolute atomic E-state index is 4.24. The lowest BCUT2D eigenvalue weighted by Crippen LogP contribution is -1.86. The summed E-state index contributed by atoms with van der Waals surface area (Å²) in [6.45, 7) is 0. The minimum absolute atomic E-state index is 0.971. The molecule has 0 unspecified atom stereocenters. The molecule has 0 saturated heterocycles. The monoisotopic (exact) mass is 167 g/mol. The summed E-state index contributed by atoms with van der Waals surface area (Å²) in [5.41, 5.74) is 1.97. The molecule has 2 nitrogen and oxygen atoms in total. The topological polar surface area (TPSA) is 26.5 Å². The van der Waals surface area contributed by atoms with Gasteiger partial charge in [0.25, 0.3) is 0 Å². The van der Waals surface area contributed by atoms with Crippen molar-refractivity contribution in [3.63, 3.8) is 0 Å². The summed E-state index contributed by atoms with van der Waals surface area (Å²) in [6, 6.07) is 12.3. The average Bonchev–Trinajstić information content (AvgIpc) is 2.65. The highest BCUT2D eigenvalue weighted by atomic mass is 15.0. The first-order valence-corrected chi connectivity index (χ1v) is 4.20. The van der Waals surface area contributed by atoms with E-state index in [1.54, 1.807) is 6.34 Å². The molecule has 0 atom stereocenters. The van der Waals surface area contributed by atoms with E-state index in [1.807, 2.05) is 18.2 Å². The molecule has 0 amide bonds. The molecule has 2 aromatic rings. The molecule has 13 heavy (non-hydrogen) atoms. The average molecular weight is 167 g/mol. The first kappa shape index (κ1) is 6.66. The van der Waals surface area contributed by atoms with Gasteiger partial charge in [-0.1, -0.05) is 30.3 Å². The van der Waals surface area contributed by atoms with E-state index in [-0.39, 0.29) is 0 Å². The molecule has 1 aliphatic rings. The van der Waals surface area contributed by atoms with Gasteiger partial charge >= 0.3 is 0 Å². The third kappa shape index (κ3) is 0.855. The molecule has 0 saturated carbocycles. The molecule has 0 spiro atoms. The van der Waals surface area contributed by atoms with Crippen LogP contribution in [0.15, 0.2) is 41.4 Å². The second-order valence-corrected chi connectivity index (χ2v) is 3.03. The highest BCUT2D eigenvalue weighted by Crippen LogP contribution is 2.35. The standard InChI is InChI=1S/C11H7N2/c1-2-4-9-8(3-1)5-6-10-11(9)13-7-12-10/h1-7H. The van der Waals surface area contributed by atoms with Crippen molar-refractivity contribution in [2.24, 2.45) is 4.99 Å². The molecule has 0 bridgehead atoms. The zero-order valence-electron chi connectivity index (χ0n) is 6.94. The maximum Gasteiger partial charge on any atom is 0.116 e. The van der Waals surface area contributed by atoms with Gasteiger partial charge in [0.05, 0.1) is 11.4 Å². The van der Waals surface area contributed by atoms with E-state index in [0.29, 0.717) is 0 Å². The molecule has 0 aromatic heterocycles. The summed E-state index contributed by atoms with van der Waals surface area (Å²) < 4.78 is 0. The number of rotatable bonds is 0. The molecule has 61 valence electrons. The van der Waals surface area contributed by atoms with E-state index in [1.165, 1.54) is 10.8 Å². The Morgan fingerprint density at radius 3 is 2.85 bits per heavy atom. The molecule has 0 fully saturated rings. The molecule has 1 aliphatic heterocycles. The van der Waals surface area contributed by atoms with E-state index in [0.717, 1.165) is 11.4 Å². The largest absolute Gasteiger partial charge is 0.235 e. The van der Waals surface area contributed by atoms with Crippen LogP contribution in [0.1, 0.15) is 0 Å². The first-order valence-electron chi connectivity index (χ1n) is 4.20. The summed E-state index contributed by atoms with van der Waals surface area (Å²) in [5.74, 6) is 0. The van der Waals surface area contributed by atoms with Gasteiger partial charge in [0.15, 0.2) is 0 Å². The van der Waals surface area contributed by atoms with Crippen LogP contribution in [0.2, 0.25) is 0 Å². The minimum atomic E-state index is 0.971. The van der Waals surface area contributed by atoms with Gasteiger partial charge in [-0.05, 0) is 11.5 Å². The quantitative estimate of drug-likeness (QED) is 0.576. The maximum atomic E-state index is 4.24. The van der Waals surface area contributed by atoms with E-state index < -0.39 is 0 Å². The van der Waals surface area contributed by atoms with Crippen molar-refractivity contribution in [1.29, 1.82) is 0 Å². The number of benzene rings is 2. The Bertz CT molecular complexity index is 500. The van der Waals surface area contributed by atoms with Crippen molar-refractivity contribution >= 4 is 28.5 Å². The Labute approximate surface area is 75.9 Å². The lowest BCUT2D eigenvalue weighted by Gasteiger charge is -2.01. The van der Waals surface area contributed by atoms with E-state index in [4.69, 9.17) is 0 Å². The zero-order valence-corrected chi connectivity index (χ0v) is 6.94. The number of fused-ring (bicyclic) bond motifs is 3. The SMILES string of the molecule is C1=Nc2ccc3ccccc3c2[N]1. The van der Waals surface area contributed by atoms with E-state index >= 15 is 0 Å². The molecule has 3 rings (SSSR count). The third-order valence-electron chi connectivity index (χ3n) is 2.26. The summed E-state index contributed by atoms with van der Waals surface area (Å²) >= 11 is 0. The minimum Gasteiger partial charge on any atom is -0.235 e. The van der Waals surface area contributed by atoms with Crippen LogP contribution in [-0.4, -0.2) is 6.34 Å². The fourth-order valence-corrected chi connectivity index (χ4v) is 1.63. The van der Waals surface area contributed by atoms with Crippen molar-refractivity contribution in [3.8, 4) is 0 Å². The molecule has 1 heterocycles. The summed E-state index contributed by atoms with van der Waals surface area (Å²) in [6.07, 6.45) is 1.61. The molecular weight excluding hydrogens is 160 g/mol. The zero-order chi connectivity index (χ0) is 8.67. The Morgan fingerprint density at radius 1 is 0.923 bits per heavy atom. The molecule has 0 N–H and O–H groups in total. The van der Waals surface area contributed by atoms with Gasteiger partial charge in [-0.25, -0.2) is 10.3 Å². The Hall–Kier alpha value is -1.83. The Balaban J connectivity index is 2.46. The van der Waals surface area contributed by atoms with Crippen molar-refractivity contribution in [2.45, 2.75) is 0 Å². The van der Waals surface area contributed by atoms with Crippen LogP contribution in [0.4, 0.5) is 11.4 Å². The summed E-state index contributed by atoms with van der Waals surface area (Å²) in [7, 11) is 0. The van der Waals surface area contributed by atoms with Crippen LogP contribution >= 0.6 is 0 Å². The van der Waals surface area contributed by atoms with Crippen LogP contribution in [0.5, 0.6) is 0 Å². The smallest absolute Gasteiger partial charge is 0.116 e. The lowest BCUT2D eigenvalue weighted by atomic mass is 10.1. The van der Waals surface area contributed by atoms with Crippen molar-refractivity contribution in [1.82, 2.24) is 5.32 Å². The van der Waals surface area contributed by atoms with Crippen molar-refractivity contribution in [2.75, 3.05) is 0 Å². The van der Waals surface area contributed by atoms with Crippen molar-refractivity contribution < 1.29 is 0 Å². The number of hydrogen-bond donors (Lipinski definition) is 0. The molecule has 0 aliphatic carbocycles. The van der Waals surface area contributed by atoms with Gasteiger partial charge in [0.2, 0.25) is 0 Å². The molecule has 2 aromatic carbocycles. The van der Waals surface area contributed by atoms with Gasteiger partial charge in [-0.15, -0.1) is 0 Å². The molecular formula is C11H7N2. The fraction of sp³-hybridized carbons (Fsp3) is 0. The van der Waals surface area contributed by atoms with Crippen LogP contribution in [0, 0.1) is 0 Å². The normalized spacial score (nSPS) is 12.9. The molecule has 1 radical (unpaired) electrons. The second-order valence-electron chi connectivity index (χ2n) is 3.03. The van der Waals surface area contributed by atoms with E-state index in [9.17, 15) is 0 Å². The van der Waals surface area contributed by atoms with Crippen LogP contribution < -0.4 is 5.32 Å². The van der Waals surface area contributed by atoms with Crippen LogP contribution in [-0.2, 0) is 0 Å². The number of hydrogen-bond acceptors (Lipinski definition) is 1. The van der Waals surface area contributed by atoms with Gasteiger partial charge in [0, 0.05) is 5.39 Å². The lowest BCUT2D eigenvalue weighted by molar-refractivity contribution is 1.38. The Morgan fingerprint density at radius 2 is 1.85 bits per heavy atom. The number of aliphatic imine (C=N–C) groups is 1. The summed E-state index contributed by atoms with van der Waals surface area (Å²) in [4.78, 5) is 4.16. The molecule has 2 heteroatoms. The van der Waals surface area contributed by atoms with E-state index in [2.05, 4.69) is 28.5 Å². The van der Waals surface area contributed by atoms with Crippen LogP contribution in [0.3, 0.4) is 0 Å². The number of nitrogens with zero attached hydrogens (tertiary/aromatic N) is 2. The first-order chi connectivity index (χ1) is 6.45. The van der Waals surface area contributed by atoms with Gasteiger partial charge in [-0.2, -0.15) is 0 Å². The van der Waals surface area contributed by atoms with Crippen molar-refractivity contribution in [3.05, 3.63) is 36.4 Å². The fourth-order valence-electron chi connectivity index (χ4n) is 1.63. The van der Waals surface area contributed by atoms with Gasteiger partial charge in [-0.3, -0.25) is 0 Å².